The monoisotopic (exact) mass is 384 g/mol. The molecule has 0 aliphatic carbocycles. The maximum Gasteiger partial charge on any atom is -0.0196 e. The molecule has 0 saturated carbocycles. The van der Waals surface area contributed by atoms with E-state index >= 15 is 0 Å². The average molecular weight is 384 g/mol. The quantitative estimate of drug-likeness (QED) is 0.350. The SMILES string of the molecule is CC/C(=C\I)c1cccc(CCCCCC(C)(C)C)c1. The second-order valence-corrected chi connectivity index (χ2v) is 7.43. The van der Waals surface area contributed by atoms with Gasteiger partial charge in [0.2, 0.25) is 0 Å². The van der Waals surface area contributed by atoms with Gasteiger partial charge < -0.3 is 0 Å². The van der Waals surface area contributed by atoms with Gasteiger partial charge in [-0.3, -0.25) is 0 Å². The van der Waals surface area contributed by atoms with Crippen molar-refractivity contribution in [1.29, 1.82) is 0 Å². The predicted molar refractivity (Wildman–Crippen MR) is 100 cm³/mol. The fraction of sp³-hybridized carbons (Fsp3) is 0.579. The lowest BCUT2D eigenvalue weighted by molar-refractivity contribution is 0.358. The lowest BCUT2D eigenvalue weighted by atomic mass is 9.89. The largest absolute Gasteiger partial charge is 0.0614 e. The zero-order chi connectivity index (χ0) is 15.0. The highest BCUT2D eigenvalue weighted by Crippen LogP contribution is 2.24. The molecule has 112 valence electrons. The van der Waals surface area contributed by atoms with Gasteiger partial charge in [0.25, 0.3) is 0 Å². The van der Waals surface area contributed by atoms with E-state index in [-0.39, 0.29) is 0 Å². The Balaban J connectivity index is 2.43. The molecular weight excluding hydrogens is 355 g/mol. The Morgan fingerprint density at radius 2 is 1.90 bits per heavy atom. The second kappa shape index (κ2) is 8.86. The van der Waals surface area contributed by atoms with E-state index in [1.54, 1.807) is 0 Å². The van der Waals surface area contributed by atoms with Crippen LogP contribution in [0.25, 0.3) is 5.57 Å². The summed E-state index contributed by atoms with van der Waals surface area (Å²) >= 11 is 2.35. The maximum atomic E-state index is 2.37. The molecule has 0 aliphatic heterocycles. The zero-order valence-electron chi connectivity index (χ0n) is 13.5. The van der Waals surface area contributed by atoms with Crippen LogP contribution in [0.2, 0.25) is 0 Å². The van der Waals surface area contributed by atoms with Crippen molar-refractivity contribution in [3.63, 3.8) is 0 Å². The standard InChI is InChI=1S/C19H29I/c1-5-17(15-20)18-12-9-11-16(14-18)10-7-6-8-13-19(2,3)4/h9,11-12,14-15H,5-8,10,13H2,1-4H3/b17-15+. The molecule has 20 heavy (non-hydrogen) atoms. The summed E-state index contributed by atoms with van der Waals surface area (Å²) in [5, 5.41) is 0. The van der Waals surface area contributed by atoms with Gasteiger partial charge >= 0.3 is 0 Å². The highest BCUT2D eigenvalue weighted by atomic mass is 127. The third-order valence-electron chi connectivity index (χ3n) is 3.70. The number of hydrogen-bond donors (Lipinski definition) is 0. The summed E-state index contributed by atoms with van der Waals surface area (Å²) < 4.78 is 2.21. The molecule has 0 atom stereocenters. The molecule has 0 saturated heterocycles. The Bertz CT molecular complexity index is 424. The maximum absolute atomic E-state index is 2.37. The van der Waals surface area contributed by atoms with E-state index in [2.05, 4.69) is 78.6 Å². The van der Waals surface area contributed by atoms with Crippen molar-refractivity contribution in [2.45, 2.75) is 66.2 Å². The molecule has 0 spiro atoms. The first-order valence-corrected chi connectivity index (χ1v) is 9.09. The highest BCUT2D eigenvalue weighted by molar-refractivity contribution is 14.1. The van der Waals surface area contributed by atoms with Crippen molar-refractivity contribution in [3.05, 3.63) is 39.5 Å². The third-order valence-corrected chi connectivity index (χ3v) is 4.45. The molecule has 1 aromatic rings. The molecule has 0 bridgehead atoms. The van der Waals surface area contributed by atoms with Gasteiger partial charge in [-0.2, -0.15) is 0 Å². The summed E-state index contributed by atoms with van der Waals surface area (Å²) in [5.41, 5.74) is 4.82. The highest BCUT2D eigenvalue weighted by Gasteiger charge is 2.08. The minimum atomic E-state index is 0.487. The second-order valence-electron chi connectivity index (χ2n) is 6.81. The third kappa shape index (κ3) is 6.92. The minimum absolute atomic E-state index is 0.487. The molecule has 1 heteroatoms. The first-order chi connectivity index (χ1) is 9.46. The lowest BCUT2D eigenvalue weighted by Crippen LogP contribution is -2.04. The molecule has 0 N–H and O–H groups in total. The molecule has 0 nitrogen and oxygen atoms in total. The normalized spacial score (nSPS) is 12.8. The molecule has 0 amide bonds. The fourth-order valence-corrected chi connectivity index (χ4v) is 3.23. The Morgan fingerprint density at radius 1 is 1.15 bits per heavy atom. The van der Waals surface area contributed by atoms with Crippen molar-refractivity contribution in [1.82, 2.24) is 0 Å². The number of aryl methyl sites for hydroxylation is 1. The molecule has 0 aromatic heterocycles. The van der Waals surface area contributed by atoms with Gasteiger partial charge in [0.15, 0.2) is 0 Å². The van der Waals surface area contributed by atoms with Crippen molar-refractivity contribution < 1.29 is 0 Å². The first-order valence-electron chi connectivity index (χ1n) is 7.85. The van der Waals surface area contributed by atoms with Gasteiger partial charge in [-0.25, -0.2) is 0 Å². The van der Waals surface area contributed by atoms with Crippen LogP contribution >= 0.6 is 22.6 Å². The van der Waals surface area contributed by atoms with E-state index in [1.807, 2.05) is 0 Å². The van der Waals surface area contributed by atoms with Crippen molar-refractivity contribution in [2.75, 3.05) is 0 Å². The number of rotatable bonds is 7. The Morgan fingerprint density at radius 3 is 2.50 bits per heavy atom. The molecule has 1 rings (SSSR count). The Labute approximate surface area is 139 Å². The summed E-state index contributed by atoms with van der Waals surface area (Å²) in [5.74, 6) is 0. The van der Waals surface area contributed by atoms with Crippen LogP contribution in [0.15, 0.2) is 28.3 Å². The van der Waals surface area contributed by atoms with Crippen LogP contribution in [0.5, 0.6) is 0 Å². The molecule has 0 radical (unpaired) electrons. The number of halogens is 1. The number of allylic oxidation sites excluding steroid dienone is 1. The van der Waals surface area contributed by atoms with Crippen LogP contribution in [0.4, 0.5) is 0 Å². The van der Waals surface area contributed by atoms with E-state index in [0.717, 1.165) is 6.42 Å². The Hall–Kier alpha value is -0.310. The number of hydrogen-bond acceptors (Lipinski definition) is 0. The van der Waals surface area contributed by atoms with Gasteiger partial charge in [-0.15, -0.1) is 0 Å². The lowest BCUT2D eigenvalue weighted by Gasteiger charge is -2.17. The molecule has 0 unspecified atom stereocenters. The Kier molecular flexibility index (Phi) is 7.86. The summed E-state index contributed by atoms with van der Waals surface area (Å²) in [6.45, 7) is 9.22. The van der Waals surface area contributed by atoms with Crippen LogP contribution in [-0.4, -0.2) is 0 Å². The van der Waals surface area contributed by atoms with E-state index in [9.17, 15) is 0 Å². The molecule has 1 aromatic carbocycles. The van der Waals surface area contributed by atoms with Crippen molar-refractivity contribution in [3.8, 4) is 0 Å². The molecular formula is C19H29I. The molecule has 0 aliphatic rings. The molecule has 0 heterocycles. The van der Waals surface area contributed by atoms with Gasteiger partial charge in [0.05, 0.1) is 0 Å². The van der Waals surface area contributed by atoms with E-state index in [0.29, 0.717) is 5.41 Å². The van der Waals surface area contributed by atoms with E-state index < -0.39 is 0 Å². The number of benzene rings is 1. The van der Waals surface area contributed by atoms with Crippen LogP contribution in [0.3, 0.4) is 0 Å². The smallest absolute Gasteiger partial charge is 0.0196 e. The minimum Gasteiger partial charge on any atom is -0.0614 e. The van der Waals surface area contributed by atoms with Crippen molar-refractivity contribution in [2.24, 2.45) is 5.41 Å². The van der Waals surface area contributed by atoms with Gasteiger partial charge in [0, 0.05) is 0 Å². The van der Waals surface area contributed by atoms with Gasteiger partial charge in [-0.05, 0) is 51.9 Å². The van der Waals surface area contributed by atoms with Crippen LogP contribution in [-0.2, 0) is 6.42 Å². The number of unbranched alkanes of at least 4 members (excludes halogenated alkanes) is 2. The summed E-state index contributed by atoms with van der Waals surface area (Å²) in [4.78, 5) is 0. The first kappa shape index (κ1) is 17.7. The fourth-order valence-electron chi connectivity index (χ4n) is 2.43. The zero-order valence-corrected chi connectivity index (χ0v) is 15.7. The molecule has 0 fully saturated rings. The van der Waals surface area contributed by atoms with Gasteiger partial charge in [0.1, 0.15) is 0 Å². The topological polar surface area (TPSA) is 0 Å². The summed E-state index contributed by atoms with van der Waals surface area (Å²) in [7, 11) is 0. The van der Waals surface area contributed by atoms with E-state index in [4.69, 9.17) is 0 Å². The van der Waals surface area contributed by atoms with Gasteiger partial charge in [-0.1, -0.05) is 87.4 Å². The van der Waals surface area contributed by atoms with Crippen LogP contribution < -0.4 is 0 Å². The predicted octanol–water partition coefficient (Wildman–Crippen LogP) is 7.02. The van der Waals surface area contributed by atoms with Crippen molar-refractivity contribution >= 4 is 28.2 Å². The summed E-state index contributed by atoms with van der Waals surface area (Å²) in [6.07, 6.45) is 7.69. The average Bonchev–Trinajstić information content (AvgIpc) is 2.39. The van der Waals surface area contributed by atoms with Crippen LogP contribution in [0.1, 0.15) is 70.9 Å². The van der Waals surface area contributed by atoms with Crippen LogP contribution in [0, 0.1) is 5.41 Å². The van der Waals surface area contributed by atoms with E-state index in [1.165, 1.54) is 48.8 Å². The summed E-state index contributed by atoms with van der Waals surface area (Å²) in [6, 6.07) is 9.08.